The van der Waals surface area contributed by atoms with Crippen LogP contribution in [0.25, 0.3) is 0 Å². The summed E-state index contributed by atoms with van der Waals surface area (Å²) >= 11 is 0. The van der Waals surface area contributed by atoms with Crippen LogP contribution in [0.3, 0.4) is 0 Å². The third-order valence-corrected chi connectivity index (χ3v) is 4.29. The van der Waals surface area contributed by atoms with E-state index in [1.165, 1.54) is 0 Å². The maximum absolute atomic E-state index is 6.08. The average Bonchev–Trinajstić information content (AvgIpc) is 2.78. The summed E-state index contributed by atoms with van der Waals surface area (Å²) in [5.41, 5.74) is 7.66. The van der Waals surface area contributed by atoms with Crippen LogP contribution in [0.1, 0.15) is 5.56 Å². The summed E-state index contributed by atoms with van der Waals surface area (Å²) < 4.78 is 21.9. The number of nitrogens with two attached hydrogens (primary N) is 1. The zero-order valence-electron chi connectivity index (χ0n) is 17.2. The van der Waals surface area contributed by atoms with E-state index in [2.05, 4.69) is 10.3 Å². The highest BCUT2D eigenvalue weighted by molar-refractivity contribution is 5.92. The normalized spacial score (nSPS) is 11.0. The molecule has 30 heavy (non-hydrogen) atoms. The Morgan fingerprint density at radius 2 is 1.47 bits per heavy atom. The second-order valence-electron chi connectivity index (χ2n) is 6.29. The molecule has 0 spiro atoms. The fraction of sp³-hybridized carbons (Fsp3) is 0.174. The van der Waals surface area contributed by atoms with E-state index in [0.29, 0.717) is 29.5 Å². The van der Waals surface area contributed by atoms with E-state index >= 15 is 0 Å². The van der Waals surface area contributed by atoms with Gasteiger partial charge in [-0.25, -0.2) is 4.99 Å². The van der Waals surface area contributed by atoms with Crippen LogP contribution < -0.4 is 30.0 Å². The van der Waals surface area contributed by atoms with Gasteiger partial charge in [-0.15, -0.1) is 0 Å². The molecule has 3 rings (SSSR count). The Balaban J connectivity index is 1.70. The minimum atomic E-state index is 0.267. The van der Waals surface area contributed by atoms with Gasteiger partial charge in [0, 0.05) is 23.4 Å². The highest BCUT2D eigenvalue weighted by atomic mass is 16.5. The fourth-order valence-electron chi connectivity index (χ4n) is 2.84. The molecule has 0 aliphatic carbocycles. The molecule has 0 unspecified atom stereocenters. The second-order valence-corrected chi connectivity index (χ2v) is 6.29. The van der Waals surface area contributed by atoms with Crippen molar-refractivity contribution in [1.82, 2.24) is 0 Å². The predicted molar refractivity (Wildman–Crippen MR) is 118 cm³/mol. The number of benzene rings is 3. The standard InChI is InChI=1S/C23H25N3O4/c1-27-20-14-22(29-3)21(28-2)12-16(20)15-25-23(24)26-17-8-7-11-19(13-17)30-18-9-5-4-6-10-18/h4-14H,15H2,1-3H3,(H3,24,25,26). The van der Waals surface area contributed by atoms with E-state index in [0.717, 1.165) is 17.0 Å². The van der Waals surface area contributed by atoms with Crippen LogP contribution in [0.2, 0.25) is 0 Å². The molecule has 0 saturated carbocycles. The fourth-order valence-corrected chi connectivity index (χ4v) is 2.84. The van der Waals surface area contributed by atoms with Gasteiger partial charge >= 0.3 is 0 Å². The number of guanidine groups is 1. The van der Waals surface area contributed by atoms with E-state index in [9.17, 15) is 0 Å². The average molecular weight is 407 g/mol. The monoisotopic (exact) mass is 407 g/mol. The van der Waals surface area contributed by atoms with Gasteiger partial charge in [0.2, 0.25) is 0 Å². The molecule has 0 aliphatic rings. The van der Waals surface area contributed by atoms with Gasteiger partial charge in [0.05, 0.1) is 27.9 Å². The molecule has 0 atom stereocenters. The third kappa shape index (κ3) is 5.35. The van der Waals surface area contributed by atoms with Gasteiger partial charge in [-0.1, -0.05) is 24.3 Å². The Morgan fingerprint density at radius 3 is 2.17 bits per heavy atom. The van der Waals surface area contributed by atoms with Gasteiger partial charge < -0.3 is 30.0 Å². The number of nitrogens with one attached hydrogen (secondary N) is 1. The quantitative estimate of drug-likeness (QED) is 0.424. The van der Waals surface area contributed by atoms with Gasteiger partial charge in [-0.05, 0) is 30.3 Å². The van der Waals surface area contributed by atoms with Gasteiger partial charge in [-0.3, -0.25) is 0 Å². The molecule has 156 valence electrons. The van der Waals surface area contributed by atoms with Gasteiger partial charge in [0.1, 0.15) is 17.2 Å². The lowest BCUT2D eigenvalue weighted by molar-refractivity contribution is 0.347. The van der Waals surface area contributed by atoms with Gasteiger partial charge in [0.25, 0.3) is 0 Å². The maximum atomic E-state index is 6.08. The van der Waals surface area contributed by atoms with Crippen LogP contribution >= 0.6 is 0 Å². The predicted octanol–water partition coefficient (Wildman–Crippen LogP) is 4.43. The number of anilines is 1. The first-order valence-corrected chi connectivity index (χ1v) is 9.31. The van der Waals surface area contributed by atoms with Crippen LogP contribution in [0.5, 0.6) is 28.7 Å². The molecule has 0 bridgehead atoms. The summed E-state index contributed by atoms with van der Waals surface area (Å²) in [6.45, 7) is 0.308. The number of aliphatic imine (C=N–C) groups is 1. The molecular formula is C23H25N3O4. The minimum absolute atomic E-state index is 0.267. The Labute approximate surface area is 176 Å². The van der Waals surface area contributed by atoms with Gasteiger partial charge in [-0.2, -0.15) is 0 Å². The van der Waals surface area contributed by atoms with Crippen LogP contribution in [-0.4, -0.2) is 27.3 Å². The number of hydrogen-bond acceptors (Lipinski definition) is 5. The third-order valence-electron chi connectivity index (χ3n) is 4.29. The molecular weight excluding hydrogens is 382 g/mol. The number of rotatable bonds is 8. The Hall–Kier alpha value is -3.87. The van der Waals surface area contributed by atoms with E-state index in [-0.39, 0.29) is 5.96 Å². The van der Waals surface area contributed by atoms with Crippen LogP contribution in [0, 0.1) is 0 Å². The van der Waals surface area contributed by atoms with Gasteiger partial charge in [0.15, 0.2) is 17.5 Å². The molecule has 0 heterocycles. The zero-order chi connectivity index (χ0) is 21.3. The lowest BCUT2D eigenvalue weighted by Gasteiger charge is -2.13. The molecule has 0 fully saturated rings. The topological polar surface area (TPSA) is 87.3 Å². The van der Waals surface area contributed by atoms with Crippen molar-refractivity contribution < 1.29 is 18.9 Å². The molecule has 0 aliphatic heterocycles. The van der Waals surface area contributed by atoms with Crippen molar-refractivity contribution in [3.63, 3.8) is 0 Å². The SMILES string of the molecule is COc1cc(OC)c(OC)cc1CN=C(N)Nc1cccc(Oc2ccccc2)c1. The van der Waals surface area contributed by atoms with Crippen molar-refractivity contribution in [2.45, 2.75) is 6.54 Å². The van der Waals surface area contributed by atoms with Crippen molar-refractivity contribution in [2.75, 3.05) is 26.6 Å². The number of para-hydroxylation sites is 1. The number of nitrogens with zero attached hydrogens (tertiary/aromatic N) is 1. The zero-order valence-corrected chi connectivity index (χ0v) is 17.2. The second kappa shape index (κ2) is 10.1. The van der Waals surface area contributed by atoms with E-state index in [1.54, 1.807) is 27.4 Å². The molecule has 0 radical (unpaired) electrons. The van der Waals surface area contributed by atoms with E-state index < -0.39 is 0 Å². The van der Waals surface area contributed by atoms with Crippen molar-refractivity contribution in [3.8, 4) is 28.7 Å². The molecule has 3 N–H and O–H groups in total. The highest BCUT2D eigenvalue weighted by Gasteiger charge is 2.11. The molecule has 7 nitrogen and oxygen atoms in total. The number of ether oxygens (including phenoxy) is 4. The number of methoxy groups -OCH3 is 3. The summed E-state index contributed by atoms with van der Waals surface area (Å²) in [6.07, 6.45) is 0. The summed E-state index contributed by atoms with van der Waals surface area (Å²) in [7, 11) is 4.75. The van der Waals surface area contributed by atoms with Crippen LogP contribution in [-0.2, 0) is 6.54 Å². The highest BCUT2D eigenvalue weighted by Crippen LogP contribution is 2.35. The first-order valence-electron chi connectivity index (χ1n) is 9.31. The maximum Gasteiger partial charge on any atom is 0.193 e. The summed E-state index contributed by atoms with van der Waals surface area (Å²) in [5, 5.41) is 3.08. The smallest absolute Gasteiger partial charge is 0.193 e. The molecule has 3 aromatic carbocycles. The summed E-state index contributed by atoms with van der Waals surface area (Å²) in [6, 6.07) is 20.7. The summed E-state index contributed by atoms with van der Waals surface area (Å²) in [4.78, 5) is 4.41. The Kier molecular flexibility index (Phi) is 7.00. The number of hydrogen-bond donors (Lipinski definition) is 2. The van der Waals surface area contributed by atoms with E-state index in [4.69, 9.17) is 24.7 Å². The molecule has 0 aromatic heterocycles. The molecule has 0 amide bonds. The lowest BCUT2D eigenvalue weighted by Crippen LogP contribution is -2.22. The van der Waals surface area contributed by atoms with Crippen LogP contribution in [0.4, 0.5) is 5.69 Å². The largest absolute Gasteiger partial charge is 0.496 e. The van der Waals surface area contributed by atoms with E-state index in [1.807, 2.05) is 60.7 Å². The molecule has 7 heteroatoms. The lowest BCUT2D eigenvalue weighted by atomic mass is 10.1. The van der Waals surface area contributed by atoms with Crippen molar-refractivity contribution in [1.29, 1.82) is 0 Å². The first kappa shape index (κ1) is 20.9. The minimum Gasteiger partial charge on any atom is -0.496 e. The van der Waals surface area contributed by atoms with Crippen molar-refractivity contribution >= 4 is 11.6 Å². The Morgan fingerprint density at radius 1 is 0.800 bits per heavy atom. The first-order chi connectivity index (χ1) is 14.6. The summed E-state index contributed by atoms with van der Waals surface area (Å²) in [5.74, 6) is 3.55. The van der Waals surface area contributed by atoms with Crippen LogP contribution in [0.15, 0.2) is 71.7 Å². The Bertz CT molecular complexity index is 1010. The molecule has 3 aromatic rings. The van der Waals surface area contributed by atoms with Crippen molar-refractivity contribution in [2.24, 2.45) is 10.7 Å². The molecule has 0 saturated heterocycles. The van der Waals surface area contributed by atoms with Crippen molar-refractivity contribution in [3.05, 3.63) is 72.3 Å².